The second-order valence-corrected chi connectivity index (χ2v) is 6.43. The second kappa shape index (κ2) is 8.81. The van der Waals surface area contributed by atoms with Gasteiger partial charge in [-0.2, -0.15) is 5.26 Å². The van der Waals surface area contributed by atoms with E-state index in [2.05, 4.69) is 0 Å². The van der Waals surface area contributed by atoms with Gasteiger partial charge in [0.1, 0.15) is 11.6 Å². The van der Waals surface area contributed by atoms with Crippen molar-refractivity contribution in [3.05, 3.63) is 70.8 Å². The fourth-order valence-electron chi connectivity index (χ4n) is 2.40. The molecular weight excluding hydrogens is 340 g/mol. The van der Waals surface area contributed by atoms with Gasteiger partial charge in [0.2, 0.25) is 5.78 Å². The standard InChI is InChI=1S/C22H22N2O3/c1-15-5-9-18(10-6-15)21(25)16(2)27-22(26)19(14-23)13-17-7-11-20(12-8-17)24(3)4/h5-13,16H,1-4H3/b19-13+/t16-/m0/s1. The molecule has 0 N–H and O–H groups in total. The van der Waals surface area contributed by atoms with Crippen LogP contribution in [0.3, 0.4) is 0 Å². The fraction of sp³-hybridized carbons (Fsp3) is 0.227. The van der Waals surface area contributed by atoms with Crippen molar-refractivity contribution in [2.75, 3.05) is 19.0 Å². The Labute approximate surface area is 159 Å². The minimum absolute atomic E-state index is 0.156. The first kappa shape index (κ1) is 19.9. The van der Waals surface area contributed by atoms with E-state index in [-0.39, 0.29) is 11.4 Å². The highest BCUT2D eigenvalue weighted by Gasteiger charge is 2.21. The molecule has 0 saturated heterocycles. The Morgan fingerprint density at radius 1 is 1.07 bits per heavy atom. The molecule has 0 aliphatic carbocycles. The highest BCUT2D eigenvalue weighted by Crippen LogP contribution is 2.16. The number of carbonyl (C=O) groups excluding carboxylic acids is 2. The first-order chi connectivity index (χ1) is 12.8. The van der Waals surface area contributed by atoms with Gasteiger partial charge in [-0.3, -0.25) is 4.79 Å². The fourth-order valence-corrected chi connectivity index (χ4v) is 2.40. The average Bonchev–Trinajstić information content (AvgIpc) is 2.66. The van der Waals surface area contributed by atoms with Gasteiger partial charge in [0.05, 0.1) is 0 Å². The number of nitrogens with zero attached hydrogens (tertiary/aromatic N) is 2. The van der Waals surface area contributed by atoms with Gasteiger partial charge in [0.15, 0.2) is 6.10 Å². The summed E-state index contributed by atoms with van der Waals surface area (Å²) in [7, 11) is 3.85. The van der Waals surface area contributed by atoms with Crippen molar-refractivity contribution in [2.45, 2.75) is 20.0 Å². The Morgan fingerprint density at radius 3 is 2.19 bits per heavy atom. The molecule has 0 aliphatic heterocycles. The minimum atomic E-state index is -0.979. The third kappa shape index (κ3) is 5.29. The summed E-state index contributed by atoms with van der Waals surface area (Å²) in [6, 6.07) is 16.2. The number of anilines is 1. The monoisotopic (exact) mass is 362 g/mol. The zero-order valence-electron chi connectivity index (χ0n) is 15.9. The topological polar surface area (TPSA) is 70.4 Å². The predicted octanol–water partition coefficient (Wildman–Crippen LogP) is 3.78. The number of ketones is 1. The van der Waals surface area contributed by atoms with Crippen LogP contribution in [0.5, 0.6) is 0 Å². The molecule has 5 nitrogen and oxygen atoms in total. The molecular formula is C22H22N2O3. The highest BCUT2D eigenvalue weighted by molar-refractivity contribution is 6.03. The zero-order chi connectivity index (χ0) is 20.0. The summed E-state index contributed by atoms with van der Waals surface area (Å²) < 4.78 is 5.20. The number of esters is 1. The summed E-state index contributed by atoms with van der Waals surface area (Å²) in [5.74, 6) is -1.13. The lowest BCUT2D eigenvalue weighted by Crippen LogP contribution is -2.25. The molecule has 0 spiro atoms. The van der Waals surface area contributed by atoms with Crippen LogP contribution in [0.2, 0.25) is 0 Å². The van der Waals surface area contributed by atoms with E-state index in [0.717, 1.165) is 11.3 Å². The number of hydrogen-bond donors (Lipinski definition) is 0. The van der Waals surface area contributed by atoms with Crippen LogP contribution in [0, 0.1) is 18.3 Å². The van der Waals surface area contributed by atoms with E-state index in [4.69, 9.17) is 4.74 Å². The van der Waals surface area contributed by atoms with Crippen LogP contribution in [0.4, 0.5) is 5.69 Å². The number of ether oxygens (including phenoxy) is 1. The maximum absolute atomic E-state index is 12.4. The van der Waals surface area contributed by atoms with Crippen LogP contribution in [0.15, 0.2) is 54.1 Å². The van der Waals surface area contributed by atoms with Crippen molar-refractivity contribution in [3.8, 4) is 6.07 Å². The number of aryl methyl sites for hydroxylation is 1. The van der Waals surface area contributed by atoms with Gasteiger partial charge >= 0.3 is 5.97 Å². The molecule has 0 fully saturated rings. The summed E-state index contributed by atoms with van der Waals surface area (Å²) in [5.41, 5.74) is 3.04. The van der Waals surface area contributed by atoms with E-state index in [0.29, 0.717) is 11.1 Å². The van der Waals surface area contributed by atoms with Crippen LogP contribution >= 0.6 is 0 Å². The SMILES string of the molecule is Cc1ccc(C(=O)[C@H](C)OC(=O)/C(C#N)=C/c2ccc(N(C)C)cc2)cc1. The molecule has 0 amide bonds. The lowest BCUT2D eigenvalue weighted by molar-refractivity contribution is -0.141. The second-order valence-electron chi connectivity index (χ2n) is 6.43. The maximum Gasteiger partial charge on any atom is 0.349 e. The molecule has 27 heavy (non-hydrogen) atoms. The summed E-state index contributed by atoms with van der Waals surface area (Å²) in [6.07, 6.45) is 0.471. The molecule has 1 atom stereocenters. The van der Waals surface area contributed by atoms with E-state index in [1.165, 1.54) is 13.0 Å². The van der Waals surface area contributed by atoms with Crippen LogP contribution in [-0.4, -0.2) is 32.0 Å². The lowest BCUT2D eigenvalue weighted by Gasteiger charge is -2.13. The molecule has 0 aromatic heterocycles. The van der Waals surface area contributed by atoms with Crippen molar-refractivity contribution in [2.24, 2.45) is 0 Å². The predicted molar refractivity (Wildman–Crippen MR) is 105 cm³/mol. The van der Waals surface area contributed by atoms with Gasteiger partial charge in [0, 0.05) is 25.3 Å². The Balaban J connectivity index is 2.10. The summed E-state index contributed by atoms with van der Waals surface area (Å²) in [6.45, 7) is 3.42. The normalized spacial score (nSPS) is 12.0. The number of benzene rings is 2. The quantitative estimate of drug-likeness (QED) is 0.338. The molecule has 2 aromatic rings. The molecule has 0 saturated carbocycles. The van der Waals surface area contributed by atoms with Crippen molar-refractivity contribution in [1.29, 1.82) is 5.26 Å². The van der Waals surface area contributed by atoms with Gasteiger partial charge in [0.25, 0.3) is 0 Å². The zero-order valence-corrected chi connectivity index (χ0v) is 15.9. The molecule has 0 bridgehead atoms. The number of carbonyl (C=O) groups is 2. The number of Topliss-reactive ketones (excluding diaryl/α,β-unsaturated/α-hetero) is 1. The molecule has 0 heterocycles. The van der Waals surface area contributed by atoms with Crippen molar-refractivity contribution < 1.29 is 14.3 Å². The molecule has 2 rings (SSSR count). The van der Waals surface area contributed by atoms with Crippen LogP contribution < -0.4 is 4.90 Å². The van der Waals surface area contributed by atoms with E-state index >= 15 is 0 Å². The molecule has 0 aliphatic rings. The third-order valence-electron chi connectivity index (χ3n) is 4.05. The van der Waals surface area contributed by atoms with Gasteiger partial charge in [-0.15, -0.1) is 0 Å². The van der Waals surface area contributed by atoms with E-state index in [1.54, 1.807) is 24.3 Å². The van der Waals surface area contributed by atoms with Crippen LogP contribution in [0.1, 0.15) is 28.4 Å². The first-order valence-corrected chi connectivity index (χ1v) is 8.53. The Bertz CT molecular complexity index is 889. The van der Waals surface area contributed by atoms with Gasteiger partial charge in [-0.25, -0.2) is 4.79 Å². The summed E-state index contributed by atoms with van der Waals surface area (Å²) in [5, 5.41) is 9.29. The molecule has 0 unspecified atom stereocenters. The van der Waals surface area contributed by atoms with Gasteiger partial charge in [-0.1, -0.05) is 42.0 Å². The first-order valence-electron chi connectivity index (χ1n) is 8.53. The number of hydrogen-bond acceptors (Lipinski definition) is 5. The van der Waals surface area contributed by atoms with E-state index in [1.807, 2.05) is 56.3 Å². The summed E-state index contributed by atoms with van der Waals surface area (Å²) in [4.78, 5) is 26.6. The molecule has 0 radical (unpaired) electrons. The molecule has 5 heteroatoms. The largest absolute Gasteiger partial charge is 0.450 e. The van der Waals surface area contributed by atoms with Crippen molar-refractivity contribution in [3.63, 3.8) is 0 Å². The maximum atomic E-state index is 12.4. The Hall–Kier alpha value is -3.39. The molecule has 2 aromatic carbocycles. The lowest BCUT2D eigenvalue weighted by atomic mass is 10.1. The Morgan fingerprint density at radius 2 is 1.67 bits per heavy atom. The smallest absolute Gasteiger partial charge is 0.349 e. The highest BCUT2D eigenvalue weighted by atomic mass is 16.5. The van der Waals surface area contributed by atoms with Crippen molar-refractivity contribution >= 4 is 23.5 Å². The van der Waals surface area contributed by atoms with Crippen molar-refractivity contribution in [1.82, 2.24) is 0 Å². The van der Waals surface area contributed by atoms with E-state index < -0.39 is 12.1 Å². The van der Waals surface area contributed by atoms with E-state index in [9.17, 15) is 14.9 Å². The number of nitriles is 1. The summed E-state index contributed by atoms with van der Waals surface area (Å²) >= 11 is 0. The Kier molecular flexibility index (Phi) is 6.51. The number of rotatable bonds is 6. The third-order valence-corrected chi connectivity index (χ3v) is 4.05. The van der Waals surface area contributed by atoms with Gasteiger partial charge < -0.3 is 9.64 Å². The van der Waals surface area contributed by atoms with Crippen LogP contribution in [0.25, 0.3) is 6.08 Å². The minimum Gasteiger partial charge on any atom is -0.450 e. The average molecular weight is 362 g/mol. The van der Waals surface area contributed by atoms with Crippen LogP contribution in [-0.2, 0) is 9.53 Å². The van der Waals surface area contributed by atoms with Gasteiger partial charge in [-0.05, 0) is 37.6 Å². The molecule has 138 valence electrons.